The molecule has 0 aromatic heterocycles. The fourth-order valence-corrected chi connectivity index (χ4v) is 3.71. The molecule has 170 valence electrons. The molecule has 0 saturated heterocycles. The van der Waals surface area contributed by atoms with E-state index in [0.717, 1.165) is 17.5 Å². The Morgan fingerprint density at radius 3 is 2.47 bits per heavy atom. The standard InChI is InChI=1S/C25H31N3O4/c1-5-10-21(29)26-19-14-9-13-18-15-20(27-24(31)32-25(2,3)4)23(30)28(22(18)19)16-17-11-7-6-8-12-17/h6-9,11-14,20H,5,10,15-16H2,1-4H3,(H,26,29)(H,27,31). The summed E-state index contributed by atoms with van der Waals surface area (Å²) in [7, 11) is 0. The van der Waals surface area contributed by atoms with Gasteiger partial charge in [0.15, 0.2) is 0 Å². The maximum atomic E-state index is 13.5. The first kappa shape index (κ1) is 23.3. The molecule has 32 heavy (non-hydrogen) atoms. The second-order valence-electron chi connectivity index (χ2n) is 8.92. The number of benzene rings is 2. The van der Waals surface area contributed by atoms with E-state index in [1.807, 2.05) is 49.4 Å². The van der Waals surface area contributed by atoms with Gasteiger partial charge in [-0.15, -0.1) is 0 Å². The Bertz CT molecular complexity index is 982. The predicted octanol–water partition coefficient (Wildman–Crippen LogP) is 4.41. The molecule has 3 rings (SSSR count). The second kappa shape index (κ2) is 9.85. The first-order chi connectivity index (χ1) is 15.2. The average Bonchev–Trinajstić information content (AvgIpc) is 2.70. The number of hydrogen-bond donors (Lipinski definition) is 2. The van der Waals surface area contributed by atoms with Crippen LogP contribution >= 0.6 is 0 Å². The van der Waals surface area contributed by atoms with Crippen LogP contribution in [0.3, 0.4) is 0 Å². The largest absolute Gasteiger partial charge is 0.444 e. The van der Waals surface area contributed by atoms with Crippen LogP contribution in [0.4, 0.5) is 16.2 Å². The Kier molecular flexibility index (Phi) is 7.18. The van der Waals surface area contributed by atoms with Gasteiger partial charge < -0.3 is 20.3 Å². The van der Waals surface area contributed by atoms with Crippen LogP contribution in [-0.4, -0.2) is 29.6 Å². The lowest BCUT2D eigenvalue weighted by atomic mass is 9.95. The zero-order valence-electron chi connectivity index (χ0n) is 19.1. The van der Waals surface area contributed by atoms with Gasteiger partial charge in [-0.2, -0.15) is 0 Å². The minimum absolute atomic E-state index is 0.0954. The van der Waals surface area contributed by atoms with Gasteiger partial charge in [0.1, 0.15) is 11.6 Å². The molecular formula is C25H31N3O4. The first-order valence-electron chi connectivity index (χ1n) is 10.9. The molecule has 1 aliphatic heterocycles. The number of alkyl carbamates (subject to hydrolysis) is 1. The van der Waals surface area contributed by atoms with Crippen LogP contribution in [0.5, 0.6) is 0 Å². The molecule has 1 heterocycles. The second-order valence-corrected chi connectivity index (χ2v) is 8.92. The van der Waals surface area contributed by atoms with Crippen molar-refractivity contribution in [2.45, 2.75) is 65.1 Å². The minimum atomic E-state index is -0.761. The number of para-hydroxylation sites is 1. The number of carbonyl (C=O) groups is 3. The van der Waals surface area contributed by atoms with Crippen molar-refractivity contribution in [3.05, 3.63) is 59.7 Å². The van der Waals surface area contributed by atoms with Crippen LogP contribution in [0.2, 0.25) is 0 Å². The molecule has 0 fully saturated rings. The summed E-state index contributed by atoms with van der Waals surface area (Å²) in [5.41, 5.74) is 2.42. The van der Waals surface area contributed by atoms with Crippen LogP contribution < -0.4 is 15.5 Å². The molecule has 1 unspecified atom stereocenters. The Balaban J connectivity index is 1.95. The summed E-state index contributed by atoms with van der Waals surface area (Å²) in [6, 6.07) is 14.4. The Morgan fingerprint density at radius 1 is 1.09 bits per heavy atom. The summed E-state index contributed by atoms with van der Waals surface area (Å²) in [5.74, 6) is -0.341. The third kappa shape index (κ3) is 5.87. The summed E-state index contributed by atoms with van der Waals surface area (Å²) in [5, 5.41) is 5.67. The normalized spacial score (nSPS) is 15.7. The zero-order valence-corrected chi connectivity index (χ0v) is 19.1. The maximum absolute atomic E-state index is 13.5. The van der Waals surface area contributed by atoms with Crippen LogP contribution in [0.25, 0.3) is 0 Å². The molecule has 0 spiro atoms. The van der Waals surface area contributed by atoms with Gasteiger partial charge in [-0.05, 0) is 44.4 Å². The van der Waals surface area contributed by atoms with Gasteiger partial charge in [0.25, 0.3) is 0 Å². The van der Waals surface area contributed by atoms with Crippen molar-refractivity contribution in [1.82, 2.24) is 5.32 Å². The number of anilines is 2. The Labute approximate surface area is 189 Å². The quantitative estimate of drug-likeness (QED) is 0.701. The molecule has 2 N–H and O–H groups in total. The van der Waals surface area contributed by atoms with E-state index >= 15 is 0 Å². The minimum Gasteiger partial charge on any atom is -0.444 e. The van der Waals surface area contributed by atoms with E-state index < -0.39 is 17.7 Å². The number of fused-ring (bicyclic) bond motifs is 1. The smallest absolute Gasteiger partial charge is 0.408 e. The summed E-state index contributed by atoms with van der Waals surface area (Å²) >= 11 is 0. The van der Waals surface area contributed by atoms with Gasteiger partial charge in [0, 0.05) is 12.8 Å². The first-order valence-corrected chi connectivity index (χ1v) is 10.9. The molecule has 2 aromatic rings. The van der Waals surface area contributed by atoms with Gasteiger partial charge in [-0.1, -0.05) is 49.4 Å². The monoisotopic (exact) mass is 437 g/mol. The maximum Gasteiger partial charge on any atom is 0.408 e. The number of carbonyl (C=O) groups excluding carboxylic acids is 3. The number of nitrogens with zero attached hydrogens (tertiary/aromatic N) is 1. The molecule has 7 nitrogen and oxygen atoms in total. The summed E-state index contributed by atoms with van der Waals surface area (Å²) in [6.45, 7) is 7.59. The molecule has 0 radical (unpaired) electrons. The van der Waals surface area contributed by atoms with E-state index in [1.165, 1.54) is 0 Å². The van der Waals surface area contributed by atoms with Crippen molar-refractivity contribution in [1.29, 1.82) is 0 Å². The highest BCUT2D eigenvalue weighted by molar-refractivity contribution is 6.06. The van der Waals surface area contributed by atoms with Crippen LogP contribution in [-0.2, 0) is 27.3 Å². The number of hydrogen-bond acceptors (Lipinski definition) is 4. The Morgan fingerprint density at radius 2 is 1.81 bits per heavy atom. The number of ether oxygens (including phenoxy) is 1. The number of nitrogens with one attached hydrogen (secondary N) is 2. The molecule has 0 saturated carbocycles. The fourth-order valence-electron chi connectivity index (χ4n) is 3.71. The van der Waals surface area contributed by atoms with E-state index in [-0.39, 0.29) is 11.8 Å². The molecule has 3 amide bonds. The van der Waals surface area contributed by atoms with Crippen molar-refractivity contribution >= 4 is 29.3 Å². The topological polar surface area (TPSA) is 87.7 Å². The molecule has 2 aromatic carbocycles. The zero-order chi connectivity index (χ0) is 23.3. The van der Waals surface area contributed by atoms with Crippen LogP contribution in [0, 0.1) is 0 Å². The van der Waals surface area contributed by atoms with Gasteiger partial charge in [-0.25, -0.2) is 4.79 Å². The number of rotatable bonds is 6. The lowest BCUT2D eigenvalue weighted by Crippen LogP contribution is -2.53. The van der Waals surface area contributed by atoms with Crippen molar-refractivity contribution in [2.24, 2.45) is 0 Å². The van der Waals surface area contributed by atoms with Gasteiger partial charge in [-0.3, -0.25) is 9.59 Å². The highest BCUT2D eigenvalue weighted by Gasteiger charge is 2.36. The SMILES string of the molecule is CCCC(=O)Nc1cccc2c1N(Cc1ccccc1)C(=O)C(NC(=O)OC(C)(C)C)C2. The van der Waals surface area contributed by atoms with E-state index in [4.69, 9.17) is 4.74 Å². The van der Waals surface area contributed by atoms with E-state index in [1.54, 1.807) is 31.7 Å². The van der Waals surface area contributed by atoms with Crippen molar-refractivity contribution < 1.29 is 19.1 Å². The van der Waals surface area contributed by atoms with Crippen LogP contribution in [0.15, 0.2) is 48.5 Å². The summed E-state index contributed by atoms with van der Waals surface area (Å²) in [4.78, 5) is 39.8. The molecule has 1 atom stereocenters. The van der Waals surface area contributed by atoms with Gasteiger partial charge in [0.2, 0.25) is 11.8 Å². The predicted molar refractivity (Wildman–Crippen MR) is 124 cm³/mol. The third-order valence-electron chi connectivity index (χ3n) is 5.00. The molecular weight excluding hydrogens is 406 g/mol. The summed E-state index contributed by atoms with van der Waals surface area (Å²) < 4.78 is 5.36. The van der Waals surface area contributed by atoms with E-state index in [9.17, 15) is 14.4 Å². The van der Waals surface area contributed by atoms with E-state index in [2.05, 4.69) is 10.6 Å². The average molecular weight is 438 g/mol. The summed E-state index contributed by atoms with van der Waals surface area (Å²) in [6.07, 6.45) is 0.816. The lowest BCUT2D eigenvalue weighted by Gasteiger charge is -2.36. The lowest BCUT2D eigenvalue weighted by molar-refractivity contribution is -0.121. The Hall–Kier alpha value is -3.35. The van der Waals surface area contributed by atoms with Gasteiger partial charge >= 0.3 is 6.09 Å². The molecule has 1 aliphatic rings. The third-order valence-corrected chi connectivity index (χ3v) is 5.00. The highest BCUT2D eigenvalue weighted by Crippen LogP contribution is 2.36. The van der Waals surface area contributed by atoms with Crippen molar-refractivity contribution in [2.75, 3.05) is 10.2 Å². The van der Waals surface area contributed by atoms with Gasteiger partial charge in [0.05, 0.1) is 17.9 Å². The van der Waals surface area contributed by atoms with E-state index in [0.29, 0.717) is 30.8 Å². The van der Waals surface area contributed by atoms with Crippen LogP contribution in [0.1, 0.15) is 51.7 Å². The number of amides is 3. The molecule has 7 heteroatoms. The van der Waals surface area contributed by atoms with Crippen molar-refractivity contribution in [3.63, 3.8) is 0 Å². The highest BCUT2D eigenvalue weighted by atomic mass is 16.6. The molecule has 0 aliphatic carbocycles. The fraction of sp³-hybridized carbons (Fsp3) is 0.400. The van der Waals surface area contributed by atoms with Crippen molar-refractivity contribution in [3.8, 4) is 0 Å². The molecule has 0 bridgehead atoms.